The number of hydrogen-bond donors (Lipinski definition) is 1. The standard InChI is InChI=1S/C16H19N/c1-11-5-4-8-14-13(11)9-10-15(17)16(14)12-6-2-3-7-12/h4-5,8-10,12H,2-3,6-7,17H2,1H3. The molecule has 0 saturated heterocycles. The summed E-state index contributed by atoms with van der Waals surface area (Å²) in [5, 5.41) is 2.74. The summed E-state index contributed by atoms with van der Waals surface area (Å²) in [6.45, 7) is 2.18. The Bertz CT molecular complexity index is 551. The van der Waals surface area contributed by atoms with Crippen molar-refractivity contribution in [1.82, 2.24) is 0 Å². The fourth-order valence-corrected chi connectivity index (χ4v) is 3.23. The highest BCUT2D eigenvalue weighted by molar-refractivity contribution is 5.92. The van der Waals surface area contributed by atoms with Gasteiger partial charge in [0.1, 0.15) is 0 Å². The molecule has 0 spiro atoms. The first kappa shape index (κ1) is 10.6. The van der Waals surface area contributed by atoms with E-state index in [9.17, 15) is 0 Å². The third kappa shape index (κ3) is 1.70. The molecule has 0 radical (unpaired) electrons. The summed E-state index contributed by atoms with van der Waals surface area (Å²) in [5.41, 5.74) is 9.95. The third-order valence-corrected chi connectivity index (χ3v) is 4.12. The molecular formula is C16H19N. The number of benzene rings is 2. The van der Waals surface area contributed by atoms with Gasteiger partial charge in [-0.1, -0.05) is 37.1 Å². The number of nitrogens with two attached hydrogens (primary N) is 1. The first-order valence-corrected chi connectivity index (χ1v) is 6.55. The Morgan fingerprint density at radius 1 is 1.00 bits per heavy atom. The number of hydrogen-bond acceptors (Lipinski definition) is 1. The summed E-state index contributed by atoms with van der Waals surface area (Å²) in [7, 11) is 0. The van der Waals surface area contributed by atoms with Gasteiger partial charge in [-0.2, -0.15) is 0 Å². The van der Waals surface area contributed by atoms with Crippen LogP contribution in [0.4, 0.5) is 5.69 Å². The van der Waals surface area contributed by atoms with Crippen LogP contribution in [0.1, 0.15) is 42.7 Å². The second kappa shape index (κ2) is 4.06. The molecule has 1 heteroatoms. The van der Waals surface area contributed by atoms with Crippen molar-refractivity contribution >= 4 is 16.5 Å². The van der Waals surface area contributed by atoms with Crippen molar-refractivity contribution in [2.75, 3.05) is 5.73 Å². The van der Waals surface area contributed by atoms with E-state index in [1.165, 1.54) is 47.6 Å². The van der Waals surface area contributed by atoms with Crippen molar-refractivity contribution in [3.8, 4) is 0 Å². The van der Waals surface area contributed by atoms with E-state index in [0.29, 0.717) is 5.92 Å². The lowest BCUT2D eigenvalue weighted by atomic mass is 9.89. The Hall–Kier alpha value is -1.50. The Morgan fingerprint density at radius 2 is 1.76 bits per heavy atom. The van der Waals surface area contributed by atoms with Gasteiger partial charge in [-0.25, -0.2) is 0 Å². The maximum atomic E-state index is 6.22. The second-order valence-electron chi connectivity index (χ2n) is 5.22. The van der Waals surface area contributed by atoms with E-state index in [1.54, 1.807) is 0 Å². The molecule has 17 heavy (non-hydrogen) atoms. The molecule has 3 rings (SSSR count). The van der Waals surface area contributed by atoms with Crippen LogP contribution in [-0.2, 0) is 0 Å². The largest absolute Gasteiger partial charge is 0.398 e. The minimum absolute atomic E-state index is 0.681. The highest BCUT2D eigenvalue weighted by Crippen LogP contribution is 2.41. The van der Waals surface area contributed by atoms with Gasteiger partial charge in [-0.15, -0.1) is 0 Å². The van der Waals surface area contributed by atoms with E-state index in [-0.39, 0.29) is 0 Å². The van der Waals surface area contributed by atoms with Gasteiger partial charge < -0.3 is 5.73 Å². The molecular weight excluding hydrogens is 206 g/mol. The van der Waals surface area contributed by atoms with Gasteiger partial charge in [0.15, 0.2) is 0 Å². The molecule has 0 unspecified atom stereocenters. The second-order valence-corrected chi connectivity index (χ2v) is 5.22. The summed E-state index contributed by atoms with van der Waals surface area (Å²) >= 11 is 0. The molecule has 0 heterocycles. The number of fused-ring (bicyclic) bond motifs is 1. The highest BCUT2D eigenvalue weighted by atomic mass is 14.6. The zero-order valence-corrected chi connectivity index (χ0v) is 10.4. The maximum Gasteiger partial charge on any atom is 0.0355 e. The van der Waals surface area contributed by atoms with Gasteiger partial charge in [-0.05, 0) is 53.6 Å². The first-order valence-electron chi connectivity index (χ1n) is 6.55. The lowest BCUT2D eigenvalue weighted by Crippen LogP contribution is -2.00. The summed E-state index contributed by atoms with van der Waals surface area (Å²) < 4.78 is 0. The van der Waals surface area contributed by atoms with Crippen LogP contribution in [0.3, 0.4) is 0 Å². The first-order chi connectivity index (χ1) is 8.27. The lowest BCUT2D eigenvalue weighted by Gasteiger charge is -2.17. The Kier molecular flexibility index (Phi) is 2.54. The summed E-state index contributed by atoms with van der Waals surface area (Å²) in [6.07, 6.45) is 5.31. The quantitative estimate of drug-likeness (QED) is 0.716. The molecule has 0 aromatic heterocycles. The average molecular weight is 225 g/mol. The van der Waals surface area contributed by atoms with Crippen molar-refractivity contribution < 1.29 is 0 Å². The molecule has 88 valence electrons. The molecule has 2 aromatic rings. The van der Waals surface area contributed by atoms with Crippen molar-refractivity contribution in [3.05, 3.63) is 41.5 Å². The van der Waals surface area contributed by atoms with Gasteiger partial charge in [0.2, 0.25) is 0 Å². The number of nitrogen functional groups attached to an aromatic ring is 1. The van der Waals surface area contributed by atoms with E-state index in [1.807, 2.05) is 0 Å². The molecule has 1 nitrogen and oxygen atoms in total. The monoisotopic (exact) mass is 225 g/mol. The van der Waals surface area contributed by atoms with Crippen molar-refractivity contribution in [1.29, 1.82) is 0 Å². The number of anilines is 1. The van der Waals surface area contributed by atoms with Gasteiger partial charge in [0, 0.05) is 5.69 Å². The summed E-state index contributed by atoms with van der Waals surface area (Å²) in [4.78, 5) is 0. The Balaban J connectivity index is 2.27. The van der Waals surface area contributed by atoms with Crippen LogP contribution in [0.2, 0.25) is 0 Å². The summed E-state index contributed by atoms with van der Waals surface area (Å²) in [6, 6.07) is 10.8. The predicted molar refractivity (Wildman–Crippen MR) is 74.3 cm³/mol. The van der Waals surface area contributed by atoms with Gasteiger partial charge in [-0.3, -0.25) is 0 Å². The zero-order chi connectivity index (χ0) is 11.8. The number of aryl methyl sites for hydroxylation is 1. The van der Waals surface area contributed by atoms with Crippen molar-refractivity contribution in [3.63, 3.8) is 0 Å². The SMILES string of the molecule is Cc1cccc2c(C3CCCC3)c(N)ccc12. The molecule has 0 amide bonds. The minimum atomic E-state index is 0.681. The average Bonchev–Trinajstić information content (AvgIpc) is 2.82. The van der Waals surface area contributed by atoms with Crippen LogP contribution in [0.25, 0.3) is 10.8 Å². The molecule has 0 atom stereocenters. The molecule has 1 fully saturated rings. The molecule has 0 bridgehead atoms. The normalized spacial score (nSPS) is 16.8. The van der Waals surface area contributed by atoms with Gasteiger partial charge in [0.25, 0.3) is 0 Å². The lowest BCUT2D eigenvalue weighted by molar-refractivity contribution is 0.732. The summed E-state index contributed by atoms with van der Waals surface area (Å²) in [5.74, 6) is 0.681. The maximum absolute atomic E-state index is 6.22. The van der Waals surface area contributed by atoms with Crippen LogP contribution < -0.4 is 5.73 Å². The van der Waals surface area contributed by atoms with E-state index < -0.39 is 0 Å². The van der Waals surface area contributed by atoms with Crippen LogP contribution in [0.15, 0.2) is 30.3 Å². The van der Waals surface area contributed by atoms with E-state index in [0.717, 1.165) is 5.69 Å². The predicted octanol–water partition coefficient (Wildman–Crippen LogP) is 4.39. The Morgan fingerprint density at radius 3 is 2.53 bits per heavy atom. The van der Waals surface area contributed by atoms with Crippen LogP contribution >= 0.6 is 0 Å². The van der Waals surface area contributed by atoms with Crippen molar-refractivity contribution in [2.24, 2.45) is 0 Å². The fourth-order valence-electron chi connectivity index (χ4n) is 3.23. The fraction of sp³-hybridized carbons (Fsp3) is 0.375. The van der Waals surface area contributed by atoms with Crippen LogP contribution in [0, 0.1) is 6.92 Å². The molecule has 2 aromatic carbocycles. The number of rotatable bonds is 1. The van der Waals surface area contributed by atoms with Gasteiger partial charge >= 0.3 is 0 Å². The molecule has 0 aliphatic heterocycles. The van der Waals surface area contributed by atoms with Crippen LogP contribution in [0.5, 0.6) is 0 Å². The minimum Gasteiger partial charge on any atom is -0.398 e. The van der Waals surface area contributed by atoms with Gasteiger partial charge in [0.05, 0.1) is 0 Å². The van der Waals surface area contributed by atoms with E-state index >= 15 is 0 Å². The smallest absolute Gasteiger partial charge is 0.0355 e. The molecule has 1 aliphatic rings. The topological polar surface area (TPSA) is 26.0 Å². The van der Waals surface area contributed by atoms with Crippen molar-refractivity contribution in [2.45, 2.75) is 38.5 Å². The van der Waals surface area contributed by atoms with E-state index in [4.69, 9.17) is 5.73 Å². The molecule has 2 N–H and O–H groups in total. The zero-order valence-electron chi connectivity index (χ0n) is 10.4. The van der Waals surface area contributed by atoms with Crippen LogP contribution in [-0.4, -0.2) is 0 Å². The third-order valence-electron chi connectivity index (χ3n) is 4.12. The molecule has 1 saturated carbocycles. The molecule has 1 aliphatic carbocycles. The highest BCUT2D eigenvalue weighted by Gasteiger charge is 2.21. The van der Waals surface area contributed by atoms with E-state index in [2.05, 4.69) is 37.3 Å². The Labute approximate surface area is 103 Å².